The van der Waals surface area contributed by atoms with Gasteiger partial charge < -0.3 is 15.0 Å². The van der Waals surface area contributed by atoms with Crippen LogP contribution >= 0.6 is 15.9 Å². The van der Waals surface area contributed by atoms with Crippen LogP contribution in [0.5, 0.6) is 0 Å². The van der Waals surface area contributed by atoms with Crippen LogP contribution in [0.1, 0.15) is 15.9 Å². The highest BCUT2D eigenvalue weighted by molar-refractivity contribution is 9.10. The van der Waals surface area contributed by atoms with Gasteiger partial charge >= 0.3 is 0 Å². The normalized spacial score (nSPS) is 14.9. The summed E-state index contributed by atoms with van der Waals surface area (Å²) in [6, 6.07) is 16.7. The summed E-state index contributed by atoms with van der Waals surface area (Å²) in [6.45, 7) is 2.01. The molecule has 1 N–H and O–H groups in total. The van der Waals surface area contributed by atoms with Gasteiger partial charge in [0.25, 0.3) is 11.8 Å². The lowest BCUT2D eigenvalue weighted by molar-refractivity contribution is -0.131. The molecule has 1 aliphatic heterocycles. The molecule has 0 aromatic heterocycles. The molecule has 6 heteroatoms. The van der Waals surface area contributed by atoms with Gasteiger partial charge in [-0.2, -0.15) is 0 Å². The van der Waals surface area contributed by atoms with E-state index in [1.807, 2.05) is 36.4 Å². The fourth-order valence-corrected chi connectivity index (χ4v) is 2.98. The molecular formula is C22H21BrN2O3. The molecule has 1 fully saturated rings. The number of carbonyl (C=O) groups is 2. The number of morpholine rings is 1. The minimum Gasteiger partial charge on any atom is -0.378 e. The fraction of sp³-hybridized carbons (Fsp3) is 0.182. The molecule has 144 valence electrons. The van der Waals surface area contributed by atoms with Gasteiger partial charge in [0.05, 0.1) is 13.2 Å². The number of nitrogens with one attached hydrogen (secondary N) is 1. The zero-order valence-corrected chi connectivity index (χ0v) is 16.9. The lowest BCUT2D eigenvalue weighted by Gasteiger charge is -2.27. The second-order valence-corrected chi connectivity index (χ2v) is 7.13. The average molecular weight is 441 g/mol. The first kappa shape index (κ1) is 20.0. The second kappa shape index (κ2) is 10.0. The smallest absolute Gasteiger partial charge is 0.270 e. The zero-order valence-electron chi connectivity index (χ0n) is 15.3. The van der Waals surface area contributed by atoms with Crippen molar-refractivity contribution in [3.8, 4) is 0 Å². The van der Waals surface area contributed by atoms with Crippen molar-refractivity contribution in [2.75, 3.05) is 26.3 Å². The second-order valence-electron chi connectivity index (χ2n) is 6.22. The molecule has 0 radical (unpaired) electrons. The number of hydrogen-bond acceptors (Lipinski definition) is 3. The minimum absolute atomic E-state index is 0.216. The zero-order chi connectivity index (χ0) is 19.8. The molecule has 0 unspecified atom stereocenters. The Hall–Kier alpha value is -2.70. The van der Waals surface area contributed by atoms with Crippen LogP contribution in [0.15, 0.2) is 76.9 Å². The number of allylic oxidation sites excluding steroid dienone is 2. The summed E-state index contributed by atoms with van der Waals surface area (Å²) in [5, 5.41) is 2.76. The Bertz CT molecular complexity index is 870. The number of halogens is 1. The van der Waals surface area contributed by atoms with Crippen molar-refractivity contribution in [1.82, 2.24) is 10.2 Å². The Kier molecular flexibility index (Phi) is 7.17. The Morgan fingerprint density at radius 2 is 1.68 bits per heavy atom. The Balaban J connectivity index is 1.79. The van der Waals surface area contributed by atoms with Crippen molar-refractivity contribution in [3.05, 3.63) is 88.0 Å². The highest BCUT2D eigenvalue weighted by Gasteiger charge is 2.22. The molecule has 0 bridgehead atoms. The molecule has 28 heavy (non-hydrogen) atoms. The topological polar surface area (TPSA) is 58.6 Å². The van der Waals surface area contributed by atoms with Gasteiger partial charge in [0.15, 0.2) is 0 Å². The largest absolute Gasteiger partial charge is 0.378 e. The van der Waals surface area contributed by atoms with Gasteiger partial charge in [-0.1, -0.05) is 58.4 Å². The SMILES string of the molecule is O=C(N/C(=C\C=C/c1ccccc1)C(=O)N1CCOCC1)c1ccc(Br)cc1. The van der Waals surface area contributed by atoms with E-state index >= 15 is 0 Å². The van der Waals surface area contributed by atoms with Crippen molar-refractivity contribution in [1.29, 1.82) is 0 Å². The van der Waals surface area contributed by atoms with E-state index < -0.39 is 0 Å². The van der Waals surface area contributed by atoms with Gasteiger partial charge in [-0.25, -0.2) is 0 Å². The molecule has 1 aliphatic rings. The van der Waals surface area contributed by atoms with E-state index in [-0.39, 0.29) is 17.5 Å². The van der Waals surface area contributed by atoms with Crippen molar-refractivity contribution in [3.63, 3.8) is 0 Å². The van der Waals surface area contributed by atoms with E-state index in [1.165, 1.54) is 0 Å². The van der Waals surface area contributed by atoms with Crippen LogP contribution in [-0.4, -0.2) is 43.0 Å². The Labute approximate surface area is 172 Å². The van der Waals surface area contributed by atoms with Crippen molar-refractivity contribution >= 4 is 33.8 Å². The maximum atomic E-state index is 12.9. The first-order chi connectivity index (χ1) is 13.6. The van der Waals surface area contributed by atoms with Gasteiger partial charge in [0.1, 0.15) is 5.70 Å². The summed E-state index contributed by atoms with van der Waals surface area (Å²) in [5.41, 5.74) is 1.73. The first-order valence-electron chi connectivity index (χ1n) is 9.01. The van der Waals surface area contributed by atoms with Crippen LogP contribution in [0.25, 0.3) is 6.08 Å². The molecule has 2 aromatic rings. The molecule has 0 saturated carbocycles. The maximum absolute atomic E-state index is 12.9. The van der Waals surface area contributed by atoms with Crippen LogP contribution in [0.4, 0.5) is 0 Å². The van der Waals surface area contributed by atoms with Crippen LogP contribution in [-0.2, 0) is 9.53 Å². The predicted molar refractivity (Wildman–Crippen MR) is 113 cm³/mol. The summed E-state index contributed by atoms with van der Waals surface area (Å²) < 4.78 is 6.20. The number of nitrogens with zero attached hydrogens (tertiary/aromatic N) is 1. The summed E-state index contributed by atoms with van der Waals surface area (Å²) in [4.78, 5) is 27.2. The average Bonchev–Trinajstić information content (AvgIpc) is 2.74. The monoisotopic (exact) mass is 440 g/mol. The predicted octanol–water partition coefficient (Wildman–Crippen LogP) is 3.64. The Morgan fingerprint density at radius 3 is 2.36 bits per heavy atom. The van der Waals surface area contributed by atoms with E-state index in [4.69, 9.17) is 4.74 Å². The van der Waals surface area contributed by atoms with Crippen molar-refractivity contribution in [2.45, 2.75) is 0 Å². The molecule has 2 amide bonds. The Morgan fingerprint density at radius 1 is 1.00 bits per heavy atom. The van der Waals surface area contributed by atoms with Gasteiger partial charge in [-0.05, 0) is 35.9 Å². The van der Waals surface area contributed by atoms with Crippen molar-refractivity contribution in [2.24, 2.45) is 0 Å². The first-order valence-corrected chi connectivity index (χ1v) is 9.80. The van der Waals surface area contributed by atoms with Crippen LogP contribution in [0.2, 0.25) is 0 Å². The molecular weight excluding hydrogens is 420 g/mol. The third kappa shape index (κ3) is 5.65. The van der Waals surface area contributed by atoms with Gasteiger partial charge in [0.2, 0.25) is 0 Å². The lowest BCUT2D eigenvalue weighted by Crippen LogP contribution is -2.44. The van der Waals surface area contributed by atoms with Crippen LogP contribution < -0.4 is 5.32 Å². The molecule has 0 aliphatic carbocycles. The van der Waals surface area contributed by atoms with Gasteiger partial charge in [0, 0.05) is 23.1 Å². The summed E-state index contributed by atoms with van der Waals surface area (Å²) in [5.74, 6) is -0.542. The third-order valence-electron chi connectivity index (χ3n) is 4.23. The molecule has 2 aromatic carbocycles. The summed E-state index contributed by atoms with van der Waals surface area (Å²) in [6.07, 6.45) is 5.30. The quantitative estimate of drug-likeness (QED) is 0.570. The maximum Gasteiger partial charge on any atom is 0.270 e. The third-order valence-corrected chi connectivity index (χ3v) is 4.76. The molecule has 5 nitrogen and oxygen atoms in total. The van der Waals surface area contributed by atoms with Gasteiger partial charge in [-0.3, -0.25) is 9.59 Å². The number of carbonyl (C=O) groups excluding carboxylic acids is 2. The van der Waals surface area contributed by atoms with Gasteiger partial charge in [-0.15, -0.1) is 0 Å². The molecule has 0 spiro atoms. The number of benzene rings is 2. The standard InChI is InChI=1S/C22H21BrN2O3/c23-19-11-9-18(10-12-19)21(26)24-20(22(27)25-13-15-28-16-14-25)8-4-7-17-5-2-1-3-6-17/h1-12H,13-16H2,(H,24,26)/b7-4-,20-8-. The summed E-state index contributed by atoms with van der Waals surface area (Å²) in [7, 11) is 0. The fourth-order valence-electron chi connectivity index (χ4n) is 2.72. The summed E-state index contributed by atoms with van der Waals surface area (Å²) >= 11 is 3.35. The molecule has 3 rings (SSSR count). The number of ether oxygens (including phenoxy) is 1. The van der Waals surface area contributed by atoms with E-state index in [9.17, 15) is 9.59 Å². The number of amides is 2. The molecule has 0 atom stereocenters. The highest BCUT2D eigenvalue weighted by Crippen LogP contribution is 2.12. The van der Waals surface area contributed by atoms with Crippen LogP contribution in [0, 0.1) is 0 Å². The van der Waals surface area contributed by atoms with E-state index in [1.54, 1.807) is 41.3 Å². The van der Waals surface area contributed by atoms with Crippen molar-refractivity contribution < 1.29 is 14.3 Å². The van der Waals surface area contributed by atoms with E-state index in [0.717, 1.165) is 10.0 Å². The van der Waals surface area contributed by atoms with Crippen LogP contribution in [0.3, 0.4) is 0 Å². The number of hydrogen-bond donors (Lipinski definition) is 1. The minimum atomic E-state index is -0.325. The lowest BCUT2D eigenvalue weighted by atomic mass is 10.2. The van der Waals surface area contributed by atoms with E-state index in [0.29, 0.717) is 31.9 Å². The molecule has 1 heterocycles. The van der Waals surface area contributed by atoms with E-state index in [2.05, 4.69) is 21.2 Å². The molecule has 1 saturated heterocycles. The number of rotatable bonds is 5. The highest BCUT2D eigenvalue weighted by atomic mass is 79.9.